The molecule has 1 amide bonds. The highest BCUT2D eigenvalue weighted by Gasteiger charge is 2.30. The molecule has 0 fully saturated rings. The number of carbonyl (C=O) groups is 5. The molecule has 11 heteroatoms. The molecule has 11 nitrogen and oxygen atoms in total. The van der Waals surface area contributed by atoms with Gasteiger partial charge in [-0.2, -0.15) is 0 Å². The van der Waals surface area contributed by atoms with Gasteiger partial charge < -0.3 is 31.4 Å². The predicted molar refractivity (Wildman–Crippen MR) is 102 cm³/mol. The van der Waals surface area contributed by atoms with Crippen molar-refractivity contribution in [2.24, 2.45) is 11.5 Å². The summed E-state index contributed by atoms with van der Waals surface area (Å²) in [4.78, 5) is 58.4. The summed E-state index contributed by atoms with van der Waals surface area (Å²) in [6.07, 6.45) is 1.15. The van der Waals surface area contributed by atoms with E-state index in [1.54, 1.807) is 0 Å². The second kappa shape index (κ2) is 10.5. The second-order valence-electron chi connectivity index (χ2n) is 6.69. The highest BCUT2D eigenvalue weighted by Crippen LogP contribution is 2.25. The molecule has 1 aromatic carbocycles. The van der Waals surface area contributed by atoms with Crippen molar-refractivity contribution in [1.29, 1.82) is 0 Å². The van der Waals surface area contributed by atoms with Crippen LogP contribution in [0.4, 0.5) is 0 Å². The third kappa shape index (κ3) is 6.09. The molecule has 6 N–H and O–H groups in total. The first-order chi connectivity index (χ1) is 14.2. The quantitative estimate of drug-likeness (QED) is 0.160. The zero-order chi connectivity index (χ0) is 22.3. The number of rotatable bonds is 11. The number of fused-ring (bicyclic) bond motifs is 1. The van der Waals surface area contributed by atoms with Crippen molar-refractivity contribution in [1.82, 2.24) is 5.32 Å². The first-order valence-electron chi connectivity index (χ1n) is 9.33. The van der Waals surface area contributed by atoms with Gasteiger partial charge in [0.05, 0.1) is 17.2 Å². The lowest BCUT2D eigenvalue weighted by molar-refractivity contribution is -0.142. The lowest BCUT2D eigenvalue weighted by Crippen LogP contribution is -2.48. The van der Waals surface area contributed by atoms with Gasteiger partial charge in [0.25, 0.3) is 0 Å². The maximum absolute atomic E-state index is 12.0. The van der Waals surface area contributed by atoms with Crippen LogP contribution in [0.2, 0.25) is 0 Å². The molecule has 0 aromatic heterocycles. The minimum Gasteiger partial charge on any atom is -0.480 e. The number of hydrogen-bond donors (Lipinski definition) is 4. The molecule has 1 aromatic rings. The van der Waals surface area contributed by atoms with Gasteiger partial charge in [-0.25, -0.2) is 14.4 Å². The Morgan fingerprint density at radius 2 is 1.80 bits per heavy atom. The molecular formula is C19H23N3O8. The number of carboxylic acid groups (broad SMARTS) is 1. The largest absolute Gasteiger partial charge is 0.480 e. The summed E-state index contributed by atoms with van der Waals surface area (Å²) in [5, 5.41) is 11.6. The molecule has 0 bridgehead atoms. The maximum atomic E-state index is 12.0. The van der Waals surface area contributed by atoms with Crippen LogP contribution in [0.25, 0.3) is 0 Å². The van der Waals surface area contributed by atoms with E-state index in [0.29, 0.717) is 25.8 Å². The Balaban J connectivity index is 1.87. The molecule has 30 heavy (non-hydrogen) atoms. The average molecular weight is 421 g/mol. The molecular weight excluding hydrogens is 398 g/mol. The molecule has 0 aliphatic carbocycles. The molecule has 0 spiro atoms. The van der Waals surface area contributed by atoms with Crippen molar-refractivity contribution in [2.75, 3.05) is 6.54 Å². The summed E-state index contributed by atoms with van der Waals surface area (Å²) in [5.74, 6) is -4.35. The molecule has 2 rings (SSSR count). The number of nitrogens with one attached hydrogen (secondary N) is 1. The van der Waals surface area contributed by atoms with Crippen LogP contribution in [-0.4, -0.2) is 53.5 Å². The van der Waals surface area contributed by atoms with Crippen molar-refractivity contribution in [2.45, 2.75) is 44.2 Å². The van der Waals surface area contributed by atoms with E-state index in [0.717, 1.165) is 0 Å². The van der Waals surface area contributed by atoms with Crippen LogP contribution in [-0.2, 0) is 19.1 Å². The Labute approximate surface area is 171 Å². The number of cyclic esters (lactones) is 2. The number of amides is 1. The maximum Gasteiger partial charge on any atom is 0.347 e. The first-order valence-corrected chi connectivity index (χ1v) is 9.33. The van der Waals surface area contributed by atoms with E-state index in [1.165, 1.54) is 18.2 Å². The van der Waals surface area contributed by atoms with Crippen LogP contribution >= 0.6 is 0 Å². The number of hydrogen-bond acceptors (Lipinski definition) is 9. The molecule has 2 atom stereocenters. The minimum atomic E-state index is -1.32. The van der Waals surface area contributed by atoms with Crippen molar-refractivity contribution < 1.29 is 38.6 Å². The summed E-state index contributed by atoms with van der Waals surface area (Å²) >= 11 is 0. The SMILES string of the molecule is NCCCC[C@H](N)C(=O)N[C@@H](CCC(=O)Oc1ccc2c(c1)C(=O)OC2=O)C(=O)O. The average Bonchev–Trinajstić information content (AvgIpc) is 2.98. The Morgan fingerprint density at radius 3 is 2.47 bits per heavy atom. The van der Waals surface area contributed by atoms with Gasteiger partial charge >= 0.3 is 23.9 Å². The second-order valence-corrected chi connectivity index (χ2v) is 6.69. The monoisotopic (exact) mass is 421 g/mol. The number of carbonyl (C=O) groups excluding carboxylic acids is 4. The number of unbranched alkanes of at least 4 members (excludes halogenated alkanes) is 1. The van der Waals surface area contributed by atoms with E-state index < -0.39 is 41.9 Å². The van der Waals surface area contributed by atoms with Crippen molar-refractivity contribution in [3.8, 4) is 5.75 Å². The van der Waals surface area contributed by atoms with Gasteiger partial charge in [-0.3, -0.25) is 9.59 Å². The number of nitrogens with two attached hydrogens (primary N) is 2. The number of esters is 3. The summed E-state index contributed by atoms with van der Waals surface area (Å²) in [7, 11) is 0. The van der Waals surface area contributed by atoms with E-state index in [1.807, 2.05) is 0 Å². The van der Waals surface area contributed by atoms with Gasteiger partial charge in [0, 0.05) is 6.42 Å². The van der Waals surface area contributed by atoms with Crippen LogP contribution in [0.5, 0.6) is 5.75 Å². The summed E-state index contributed by atoms with van der Waals surface area (Å²) < 4.78 is 9.51. The first kappa shape index (κ1) is 23.0. The van der Waals surface area contributed by atoms with E-state index in [2.05, 4.69) is 10.1 Å². The molecule has 0 saturated heterocycles. The van der Waals surface area contributed by atoms with Crippen LogP contribution in [0, 0.1) is 0 Å². The molecule has 0 radical (unpaired) electrons. The highest BCUT2D eigenvalue weighted by atomic mass is 16.6. The fraction of sp³-hybridized carbons (Fsp3) is 0.421. The highest BCUT2D eigenvalue weighted by molar-refractivity contribution is 6.14. The number of ether oxygens (including phenoxy) is 2. The van der Waals surface area contributed by atoms with Crippen molar-refractivity contribution >= 4 is 29.8 Å². The lowest BCUT2D eigenvalue weighted by Gasteiger charge is -2.17. The third-order valence-corrected chi connectivity index (χ3v) is 4.41. The van der Waals surface area contributed by atoms with E-state index >= 15 is 0 Å². The summed E-state index contributed by atoms with van der Waals surface area (Å²) in [5.41, 5.74) is 11.1. The fourth-order valence-electron chi connectivity index (χ4n) is 2.75. The van der Waals surface area contributed by atoms with Crippen molar-refractivity contribution in [3.63, 3.8) is 0 Å². The molecule has 1 heterocycles. The third-order valence-electron chi connectivity index (χ3n) is 4.41. The topological polar surface area (TPSA) is 188 Å². The van der Waals surface area contributed by atoms with Crippen LogP contribution in [0.3, 0.4) is 0 Å². The minimum absolute atomic E-state index is 0.00300. The number of benzene rings is 1. The van der Waals surface area contributed by atoms with Gasteiger partial charge in [0.15, 0.2) is 0 Å². The Kier molecular flexibility index (Phi) is 8.01. The smallest absolute Gasteiger partial charge is 0.347 e. The summed E-state index contributed by atoms with van der Waals surface area (Å²) in [6, 6.07) is 1.60. The Bertz CT molecular complexity index is 854. The lowest BCUT2D eigenvalue weighted by atomic mass is 10.1. The Morgan fingerprint density at radius 1 is 1.10 bits per heavy atom. The zero-order valence-electron chi connectivity index (χ0n) is 16.1. The van der Waals surface area contributed by atoms with Gasteiger partial charge in [-0.1, -0.05) is 6.42 Å². The van der Waals surface area contributed by atoms with E-state index in [9.17, 15) is 29.1 Å². The van der Waals surface area contributed by atoms with Crippen molar-refractivity contribution in [3.05, 3.63) is 29.3 Å². The van der Waals surface area contributed by atoms with Gasteiger partial charge in [-0.05, 0) is 44.0 Å². The van der Waals surface area contributed by atoms with Gasteiger partial charge in [0.2, 0.25) is 5.91 Å². The number of aliphatic carboxylic acids is 1. The van der Waals surface area contributed by atoms with E-state index in [-0.39, 0.29) is 29.7 Å². The standard InChI is InChI=1S/C19H23N3O8/c20-8-2-1-3-13(21)16(24)22-14(17(25)26)6-7-15(23)29-10-4-5-11-12(9-10)19(28)30-18(11)27/h4-5,9,13-14H,1-3,6-8,20-21H2,(H,22,24)(H,25,26)/t13-,14-/m0/s1. The molecule has 1 aliphatic heterocycles. The molecule has 0 saturated carbocycles. The molecule has 1 aliphatic rings. The number of carboxylic acids is 1. The van der Waals surface area contributed by atoms with Crippen LogP contribution < -0.4 is 21.5 Å². The van der Waals surface area contributed by atoms with Crippen LogP contribution in [0.1, 0.15) is 52.8 Å². The zero-order valence-corrected chi connectivity index (χ0v) is 16.1. The molecule has 162 valence electrons. The predicted octanol–water partition coefficient (Wildman–Crippen LogP) is -0.291. The van der Waals surface area contributed by atoms with Crippen LogP contribution in [0.15, 0.2) is 18.2 Å². The Hall–Kier alpha value is -3.31. The fourth-order valence-corrected chi connectivity index (χ4v) is 2.75. The normalized spacial score (nSPS) is 14.5. The van der Waals surface area contributed by atoms with Gasteiger partial charge in [-0.15, -0.1) is 0 Å². The van der Waals surface area contributed by atoms with E-state index in [4.69, 9.17) is 16.2 Å². The van der Waals surface area contributed by atoms with Gasteiger partial charge in [0.1, 0.15) is 11.8 Å². The molecule has 0 unspecified atom stereocenters. The summed E-state index contributed by atoms with van der Waals surface area (Å²) in [6.45, 7) is 0.468.